The first kappa shape index (κ1) is 12.7. The van der Waals surface area contributed by atoms with Gasteiger partial charge in [-0.05, 0) is 36.1 Å². The number of unbranched alkanes of at least 4 members (excludes halogenated alkanes) is 6. The highest BCUT2D eigenvalue weighted by molar-refractivity contribution is 4.88. The zero-order chi connectivity index (χ0) is 11.5. The standard InChI is InChI=1S/C12H20N4/c1-2-3-4-5-6-7-8-9-10-12-11-13-15-16-14-12/h2,11H,1,3-10H2. The molecule has 88 valence electrons. The molecule has 0 aliphatic carbocycles. The third-order valence-electron chi connectivity index (χ3n) is 2.56. The van der Waals surface area contributed by atoms with Gasteiger partial charge in [-0.2, -0.15) is 0 Å². The average molecular weight is 220 g/mol. The Bertz CT molecular complexity index is 274. The summed E-state index contributed by atoms with van der Waals surface area (Å²) in [7, 11) is 0. The van der Waals surface area contributed by atoms with Crippen molar-refractivity contribution in [3.05, 3.63) is 24.5 Å². The molecule has 0 radical (unpaired) electrons. The van der Waals surface area contributed by atoms with Gasteiger partial charge in [0.1, 0.15) is 0 Å². The van der Waals surface area contributed by atoms with E-state index in [4.69, 9.17) is 0 Å². The summed E-state index contributed by atoms with van der Waals surface area (Å²) >= 11 is 0. The van der Waals surface area contributed by atoms with E-state index < -0.39 is 0 Å². The molecule has 1 aromatic rings. The van der Waals surface area contributed by atoms with E-state index in [9.17, 15) is 0 Å². The first-order valence-corrected chi connectivity index (χ1v) is 6.04. The minimum Gasteiger partial charge on any atom is -0.135 e. The average Bonchev–Trinajstić information content (AvgIpc) is 2.34. The molecule has 0 unspecified atom stereocenters. The van der Waals surface area contributed by atoms with Gasteiger partial charge in [-0.3, -0.25) is 0 Å². The number of allylic oxidation sites excluding steroid dienone is 1. The molecule has 0 aromatic carbocycles. The molecule has 4 heteroatoms. The number of nitrogens with zero attached hydrogens (tertiary/aromatic N) is 4. The van der Waals surface area contributed by atoms with Gasteiger partial charge in [0.05, 0.1) is 11.9 Å². The second-order valence-electron chi connectivity index (χ2n) is 3.96. The smallest absolute Gasteiger partial charge is 0.0851 e. The van der Waals surface area contributed by atoms with Crippen molar-refractivity contribution in [2.45, 2.75) is 51.4 Å². The van der Waals surface area contributed by atoms with E-state index in [1.807, 2.05) is 6.08 Å². The summed E-state index contributed by atoms with van der Waals surface area (Å²) in [4.78, 5) is 0. The van der Waals surface area contributed by atoms with E-state index in [0.717, 1.165) is 18.5 Å². The van der Waals surface area contributed by atoms with Crippen molar-refractivity contribution in [1.82, 2.24) is 20.6 Å². The summed E-state index contributed by atoms with van der Waals surface area (Å²) in [6.07, 6.45) is 13.5. The molecular weight excluding hydrogens is 200 g/mol. The van der Waals surface area contributed by atoms with Crippen LogP contribution in [0, 0.1) is 0 Å². The van der Waals surface area contributed by atoms with Gasteiger partial charge in [0.15, 0.2) is 0 Å². The molecule has 0 atom stereocenters. The van der Waals surface area contributed by atoms with Crippen molar-refractivity contribution in [2.24, 2.45) is 0 Å². The lowest BCUT2D eigenvalue weighted by molar-refractivity contribution is 0.588. The van der Waals surface area contributed by atoms with Crippen molar-refractivity contribution < 1.29 is 0 Å². The van der Waals surface area contributed by atoms with E-state index in [1.54, 1.807) is 6.20 Å². The molecule has 0 bridgehead atoms. The van der Waals surface area contributed by atoms with E-state index >= 15 is 0 Å². The number of aromatic nitrogens is 4. The van der Waals surface area contributed by atoms with Gasteiger partial charge in [0.25, 0.3) is 0 Å². The fourth-order valence-corrected chi connectivity index (χ4v) is 1.64. The van der Waals surface area contributed by atoms with E-state index in [1.165, 1.54) is 38.5 Å². The normalized spacial score (nSPS) is 10.2. The van der Waals surface area contributed by atoms with Crippen LogP contribution in [0.4, 0.5) is 0 Å². The third-order valence-corrected chi connectivity index (χ3v) is 2.56. The van der Waals surface area contributed by atoms with Crippen LogP contribution < -0.4 is 0 Å². The van der Waals surface area contributed by atoms with E-state index in [0.29, 0.717) is 0 Å². The van der Waals surface area contributed by atoms with Gasteiger partial charge in [-0.25, -0.2) is 0 Å². The maximum atomic E-state index is 3.90. The van der Waals surface area contributed by atoms with Crippen molar-refractivity contribution in [2.75, 3.05) is 0 Å². The largest absolute Gasteiger partial charge is 0.135 e. The predicted molar refractivity (Wildman–Crippen MR) is 63.8 cm³/mol. The molecule has 1 aromatic heterocycles. The van der Waals surface area contributed by atoms with Crippen molar-refractivity contribution in [1.29, 1.82) is 0 Å². The van der Waals surface area contributed by atoms with E-state index in [2.05, 4.69) is 27.2 Å². The van der Waals surface area contributed by atoms with Crippen LogP contribution in [0.5, 0.6) is 0 Å². The summed E-state index contributed by atoms with van der Waals surface area (Å²) < 4.78 is 0. The number of hydrogen-bond donors (Lipinski definition) is 0. The van der Waals surface area contributed by atoms with Crippen LogP contribution >= 0.6 is 0 Å². The lowest BCUT2D eigenvalue weighted by atomic mass is 10.1. The Labute approximate surface area is 97.2 Å². The van der Waals surface area contributed by atoms with E-state index in [-0.39, 0.29) is 0 Å². The molecule has 0 N–H and O–H groups in total. The quantitative estimate of drug-likeness (QED) is 0.474. The fourth-order valence-electron chi connectivity index (χ4n) is 1.64. The number of rotatable bonds is 9. The van der Waals surface area contributed by atoms with Crippen LogP contribution in [-0.2, 0) is 6.42 Å². The maximum absolute atomic E-state index is 3.90. The molecule has 0 fully saturated rings. The monoisotopic (exact) mass is 220 g/mol. The lowest BCUT2D eigenvalue weighted by Gasteiger charge is -2.00. The highest BCUT2D eigenvalue weighted by Crippen LogP contribution is 2.08. The molecular formula is C12H20N4. The van der Waals surface area contributed by atoms with Crippen LogP contribution in [-0.4, -0.2) is 20.6 Å². The Morgan fingerprint density at radius 3 is 2.44 bits per heavy atom. The number of hydrogen-bond acceptors (Lipinski definition) is 4. The highest BCUT2D eigenvalue weighted by atomic mass is 15.4. The molecule has 0 spiro atoms. The van der Waals surface area contributed by atoms with Crippen molar-refractivity contribution >= 4 is 0 Å². The first-order valence-electron chi connectivity index (χ1n) is 6.04. The Balaban J connectivity index is 1.90. The molecule has 4 nitrogen and oxygen atoms in total. The summed E-state index contributed by atoms with van der Waals surface area (Å²) in [6.45, 7) is 3.72. The summed E-state index contributed by atoms with van der Waals surface area (Å²) in [5.41, 5.74) is 0.946. The minimum atomic E-state index is 0.946. The zero-order valence-corrected chi connectivity index (χ0v) is 9.81. The second kappa shape index (κ2) is 8.95. The summed E-state index contributed by atoms with van der Waals surface area (Å²) in [5.74, 6) is 0. The molecule has 16 heavy (non-hydrogen) atoms. The van der Waals surface area contributed by atoms with Gasteiger partial charge >= 0.3 is 0 Å². The molecule has 1 rings (SSSR count). The fraction of sp³-hybridized carbons (Fsp3) is 0.667. The lowest BCUT2D eigenvalue weighted by Crippen LogP contribution is -1.97. The third kappa shape index (κ3) is 6.22. The maximum Gasteiger partial charge on any atom is 0.0851 e. The first-order chi connectivity index (χ1) is 7.93. The van der Waals surface area contributed by atoms with Gasteiger partial charge in [-0.15, -0.1) is 16.8 Å². The van der Waals surface area contributed by atoms with Crippen LogP contribution in [0.1, 0.15) is 50.6 Å². The van der Waals surface area contributed by atoms with Gasteiger partial charge in [0.2, 0.25) is 0 Å². The topological polar surface area (TPSA) is 51.6 Å². The molecule has 0 saturated heterocycles. The SMILES string of the molecule is C=CCCCCCCCCc1cnnnn1. The van der Waals surface area contributed by atoms with Crippen LogP contribution in [0.3, 0.4) is 0 Å². The van der Waals surface area contributed by atoms with Crippen LogP contribution in [0.25, 0.3) is 0 Å². The Kier molecular flexibility index (Phi) is 7.13. The minimum absolute atomic E-state index is 0.946. The Hall–Kier alpha value is -1.32. The zero-order valence-electron chi connectivity index (χ0n) is 9.81. The van der Waals surface area contributed by atoms with Crippen LogP contribution in [0.2, 0.25) is 0 Å². The Morgan fingerprint density at radius 2 is 1.75 bits per heavy atom. The summed E-state index contributed by atoms with van der Waals surface area (Å²) in [6, 6.07) is 0. The molecule has 0 aliphatic rings. The summed E-state index contributed by atoms with van der Waals surface area (Å²) in [5, 5.41) is 14.5. The second-order valence-corrected chi connectivity index (χ2v) is 3.96. The van der Waals surface area contributed by atoms with Gasteiger partial charge in [0, 0.05) is 0 Å². The molecule has 1 heterocycles. The van der Waals surface area contributed by atoms with Crippen molar-refractivity contribution in [3.63, 3.8) is 0 Å². The van der Waals surface area contributed by atoms with Crippen molar-refractivity contribution in [3.8, 4) is 0 Å². The molecule has 0 aliphatic heterocycles. The predicted octanol–water partition coefficient (Wildman–Crippen LogP) is 2.73. The molecule has 0 amide bonds. The number of aryl methyl sites for hydroxylation is 1. The Morgan fingerprint density at radius 1 is 1.00 bits per heavy atom. The molecule has 0 saturated carbocycles. The van der Waals surface area contributed by atoms with Gasteiger partial charge < -0.3 is 0 Å². The highest BCUT2D eigenvalue weighted by Gasteiger charge is 1.95. The van der Waals surface area contributed by atoms with Gasteiger partial charge in [-0.1, -0.05) is 31.8 Å². The van der Waals surface area contributed by atoms with Crippen LogP contribution in [0.15, 0.2) is 18.9 Å².